The van der Waals surface area contributed by atoms with Crippen LogP contribution in [-0.4, -0.2) is 44.2 Å². The molecule has 1 aliphatic rings. The Kier molecular flexibility index (Phi) is 4.07. The van der Waals surface area contributed by atoms with Gasteiger partial charge in [-0.05, 0) is 27.0 Å². The van der Waals surface area contributed by atoms with Crippen molar-refractivity contribution in [1.82, 2.24) is 4.90 Å². The monoisotopic (exact) mass is 252 g/mol. The van der Waals surface area contributed by atoms with Gasteiger partial charge in [0.25, 0.3) is 0 Å². The van der Waals surface area contributed by atoms with Gasteiger partial charge in [-0.2, -0.15) is 0 Å². The van der Waals surface area contributed by atoms with Gasteiger partial charge in [-0.3, -0.25) is 0 Å². The summed E-state index contributed by atoms with van der Waals surface area (Å²) in [5, 5.41) is 0. The Morgan fingerprint density at radius 1 is 1.11 bits per heavy atom. The predicted octanol–water partition coefficient (Wildman–Crippen LogP) is 2.36. The molecule has 0 atom stereocenters. The van der Waals surface area contributed by atoms with Crippen molar-refractivity contribution in [2.75, 3.05) is 38.1 Å². The lowest BCUT2D eigenvalue weighted by Gasteiger charge is -2.34. The normalized spacial score (nSPS) is 17.3. The molecule has 0 aliphatic carbocycles. The summed E-state index contributed by atoms with van der Waals surface area (Å²) in [6, 6.07) is 4.95. The summed E-state index contributed by atoms with van der Waals surface area (Å²) in [6.45, 7) is 7.77. The first-order valence-corrected chi connectivity index (χ1v) is 6.45. The number of anilines is 1. The Bertz CT molecular complexity index is 401. The molecule has 1 aromatic rings. The highest BCUT2D eigenvalue weighted by atomic mass is 19.1. The van der Waals surface area contributed by atoms with Crippen LogP contribution in [0.2, 0.25) is 0 Å². The number of likely N-dealkylation sites (N-methyl/N-ethyl adjacent to an activating group) is 1. The number of ether oxygens (including phenoxy) is 1. The standard InChI is InChI=1S/C14H21FN2O/c1-11(2)18-14-9-12(15)8-13(10-14)17-6-4-16(3)5-7-17/h8-11H,4-7H2,1-3H3. The van der Waals surface area contributed by atoms with Crippen LogP contribution in [-0.2, 0) is 0 Å². The van der Waals surface area contributed by atoms with E-state index in [1.54, 1.807) is 6.07 Å². The number of hydrogen-bond donors (Lipinski definition) is 0. The molecule has 1 aliphatic heterocycles. The Morgan fingerprint density at radius 2 is 1.78 bits per heavy atom. The van der Waals surface area contributed by atoms with Gasteiger partial charge in [-0.1, -0.05) is 0 Å². The molecule has 0 spiro atoms. The molecule has 0 N–H and O–H groups in total. The van der Waals surface area contributed by atoms with Gasteiger partial charge in [0.2, 0.25) is 0 Å². The van der Waals surface area contributed by atoms with E-state index in [0.29, 0.717) is 5.75 Å². The highest BCUT2D eigenvalue weighted by Crippen LogP contribution is 2.25. The first kappa shape index (κ1) is 13.1. The molecule has 2 rings (SSSR count). The minimum Gasteiger partial charge on any atom is -0.491 e. The van der Waals surface area contributed by atoms with E-state index < -0.39 is 0 Å². The summed E-state index contributed by atoms with van der Waals surface area (Å²) < 4.78 is 19.2. The average molecular weight is 252 g/mol. The smallest absolute Gasteiger partial charge is 0.128 e. The average Bonchev–Trinajstić information content (AvgIpc) is 2.28. The van der Waals surface area contributed by atoms with Gasteiger partial charge in [-0.15, -0.1) is 0 Å². The fourth-order valence-corrected chi connectivity index (χ4v) is 2.14. The Labute approximate surface area is 108 Å². The lowest BCUT2D eigenvalue weighted by atomic mass is 10.2. The summed E-state index contributed by atoms with van der Waals surface area (Å²) in [6.07, 6.45) is 0.0622. The minimum absolute atomic E-state index is 0.0622. The summed E-state index contributed by atoms with van der Waals surface area (Å²) in [7, 11) is 2.11. The zero-order valence-electron chi connectivity index (χ0n) is 11.3. The zero-order valence-corrected chi connectivity index (χ0v) is 11.3. The summed E-state index contributed by atoms with van der Waals surface area (Å²) in [5.74, 6) is 0.376. The second-order valence-electron chi connectivity index (χ2n) is 5.10. The summed E-state index contributed by atoms with van der Waals surface area (Å²) in [5.41, 5.74) is 0.916. The fourth-order valence-electron chi connectivity index (χ4n) is 2.14. The lowest BCUT2D eigenvalue weighted by molar-refractivity contribution is 0.241. The van der Waals surface area contributed by atoms with Gasteiger partial charge >= 0.3 is 0 Å². The van der Waals surface area contributed by atoms with Crippen molar-refractivity contribution in [2.45, 2.75) is 20.0 Å². The topological polar surface area (TPSA) is 15.7 Å². The highest BCUT2D eigenvalue weighted by molar-refractivity contribution is 5.51. The minimum atomic E-state index is -0.234. The Balaban J connectivity index is 2.14. The quantitative estimate of drug-likeness (QED) is 0.821. The van der Waals surface area contributed by atoms with Crippen LogP contribution in [0.3, 0.4) is 0 Å². The van der Waals surface area contributed by atoms with Gasteiger partial charge in [0, 0.05) is 44.0 Å². The van der Waals surface area contributed by atoms with Crippen molar-refractivity contribution in [2.24, 2.45) is 0 Å². The third-order valence-corrected chi connectivity index (χ3v) is 3.10. The summed E-state index contributed by atoms with van der Waals surface area (Å²) >= 11 is 0. The first-order chi connectivity index (χ1) is 8.54. The third kappa shape index (κ3) is 3.35. The molecular formula is C14H21FN2O. The van der Waals surface area contributed by atoms with Gasteiger partial charge < -0.3 is 14.5 Å². The van der Waals surface area contributed by atoms with E-state index >= 15 is 0 Å². The number of benzene rings is 1. The maximum absolute atomic E-state index is 13.6. The van der Waals surface area contributed by atoms with Gasteiger partial charge in [0.05, 0.1) is 6.10 Å². The van der Waals surface area contributed by atoms with Crippen LogP contribution in [0.1, 0.15) is 13.8 Å². The van der Waals surface area contributed by atoms with Crippen LogP contribution in [0, 0.1) is 5.82 Å². The lowest BCUT2D eigenvalue weighted by Crippen LogP contribution is -2.44. The molecule has 0 unspecified atom stereocenters. The predicted molar refractivity (Wildman–Crippen MR) is 71.9 cm³/mol. The molecule has 3 nitrogen and oxygen atoms in total. The second kappa shape index (κ2) is 5.57. The maximum atomic E-state index is 13.6. The molecule has 1 aromatic carbocycles. The molecular weight excluding hydrogens is 231 g/mol. The van der Waals surface area contributed by atoms with Crippen molar-refractivity contribution in [3.05, 3.63) is 24.0 Å². The van der Waals surface area contributed by atoms with Crippen LogP contribution < -0.4 is 9.64 Å². The largest absolute Gasteiger partial charge is 0.491 e. The number of rotatable bonds is 3. The van der Waals surface area contributed by atoms with Crippen LogP contribution in [0.5, 0.6) is 5.75 Å². The molecule has 0 radical (unpaired) electrons. The Hall–Kier alpha value is -1.29. The van der Waals surface area contributed by atoms with E-state index in [2.05, 4.69) is 16.8 Å². The third-order valence-electron chi connectivity index (χ3n) is 3.10. The van der Waals surface area contributed by atoms with Crippen LogP contribution in [0.25, 0.3) is 0 Å². The van der Waals surface area contributed by atoms with E-state index in [9.17, 15) is 4.39 Å². The highest BCUT2D eigenvalue weighted by Gasteiger charge is 2.16. The Morgan fingerprint density at radius 3 is 2.39 bits per heavy atom. The molecule has 0 saturated carbocycles. The van der Waals surface area contributed by atoms with E-state index in [4.69, 9.17) is 4.74 Å². The number of piperazine rings is 1. The molecule has 0 amide bonds. The molecule has 1 fully saturated rings. The van der Waals surface area contributed by atoms with E-state index in [1.807, 2.05) is 19.9 Å². The first-order valence-electron chi connectivity index (χ1n) is 6.45. The molecule has 0 aromatic heterocycles. The SMILES string of the molecule is CC(C)Oc1cc(F)cc(N2CCN(C)CC2)c1. The molecule has 1 heterocycles. The van der Waals surface area contributed by atoms with Gasteiger partial charge in [0.15, 0.2) is 0 Å². The van der Waals surface area contributed by atoms with Crippen molar-refractivity contribution in [1.29, 1.82) is 0 Å². The van der Waals surface area contributed by atoms with E-state index in [-0.39, 0.29) is 11.9 Å². The summed E-state index contributed by atoms with van der Waals surface area (Å²) in [4.78, 5) is 4.48. The number of hydrogen-bond acceptors (Lipinski definition) is 3. The van der Waals surface area contributed by atoms with Crippen molar-refractivity contribution < 1.29 is 9.13 Å². The second-order valence-corrected chi connectivity index (χ2v) is 5.10. The molecule has 18 heavy (non-hydrogen) atoms. The zero-order chi connectivity index (χ0) is 13.1. The molecule has 1 saturated heterocycles. The number of halogens is 1. The van der Waals surface area contributed by atoms with Crippen molar-refractivity contribution >= 4 is 5.69 Å². The maximum Gasteiger partial charge on any atom is 0.128 e. The van der Waals surface area contributed by atoms with Crippen LogP contribution in [0.15, 0.2) is 18.2 Å². The van der Waals surface area contributed by atoms with E-state index in [0.717, 1.165) is 31.9 Å². The van der Waals surface area contributed by atoms with Gasteiger partial charge in [-0.25, -0.2) is 4.39 Å². The van der Waals surface area contributed by atoms with Crippen molar-refractivity contribution in [3.8, 4) is 5.75 Å². The van der Waals surface area contributed by atoms with Gasteiger partial charge in [0.1, 0.15) is 11.6 Å². The molecule has 4 heteroatoms. The van der Waals surface area contributed by atoms with E-state index in [1.165, 1.54) is 6.07 Å². The van der Waals surface area contributed by atoms with Crippen LogP contribution >= 0.6 is 0 Å². The molecule has 0 bridgehead atoms. The fraction of sp³-hybridized carbons (Fsp3) is 0.571. The molecule has 100 valence electrons. The van der Waals surface area contributed by atoms with Crippen molar-refractivity contribution in [3.63, 3.8) is 0 Å². The number of nitrogens with zero attached hydrogens (tertiary/aromatic N) is 2. The van der Waals surface area contributed by atoms with Crippen LogP contribution in [0.4, 0.5) is 10.1 Å².